The fourth-order valence-electron chi connectivity index (χ4n) is 2.92. The molecule has 0 aliphatic heterocycles. The molecule has 0 atom stereocenters. The van der Waals surface area contributed by atoms with Gasteiger partial charge in [-0.2, -0.15) is 0 Å². The first-order chi connectivity index (χ1) is 13.2. The molecule has 1 amide bonds. The maximum atomic E-state index is 13.6. The molecular formula is C22H17FN2OS. The van der Waals surface area contributed by atoms with Gasteiger partial charge in [0, 0.05) is 12.1 Å². The molecule has 0 spiro atoms. The monoisotopic (exact) mass is 376 g/mol. The van der Waals surface area contributed by atoms with Gasteiger partial charge >= 0.3 is 0 Å². The molecule has 0 aliphatic rings. The molecule has 4 aromatic rings. The van der Waals surface area contributed by atoms with Crippen molar-refractivity contribution in [3.63, 3.8) is 0 Å². The number of amides is 1. The summed E-state index contributed by atoms with van der Waals surface area (Å²) in [5.41, 5.74) is 2.31. The van der Waals surface area contributed by atoms with E-state index in [1.807, 2.05) is 54.6 Å². The number of aromatic nitrogens is 1. The van der Waals surface area contributed by atoms with Crippen LogP contribution in [0.2, 0.25) is 0 Å². The summed E-state index contributed by atoms with van der Waals surface area (Å²) < 4.78 is 14.6. The lowest BCUT2D eigenvalue weighted by Crippen LogP contribution is -2.33. The first-order valence-corrected chi connectivity index (χ1v) is 9.49. The molecular weight excluding hydrogens is 359 g/mol. The fraction of sp³-hybridized carbons (Fsp3) is 0.0909. The molecule has 0 bridgehead atoms. The molecule has 0 saturated heterocycles. The molecule has 4 rings (SSSR count). The van der Waals surface area contributed by atoms with Gasteiger partial charge < -0.3 is 0 Å². The Morgan fingerprint density at radius 3 is 2.52 bits per heavy atom. The van der Waals surface area contributed by atoms with Crippen LogP contribution in [-0.4, -0.2) is 17.4 Å². The van der Waals surface area contributed by atoms with Gasteiger partial charge in [0.15, 0.2) is 5.13 Å². The number of benzene rings is 3. The molecule has 134 valence electrons. The average molecular weight is 376 g/mol. The van der Waals surface area contributed by atoms with Gasteiger partial charge in [0.25, 0.3) is 5.91 Å². The number of hydrogen-bond donors (Lipinski definition) is 0. The van der Waals surface area contributed by atoms with Crippen molar-refractivity contribution in [1.29, 1.82) is 0 Å². The summed E-state index contributed by atoms with van der Waals surface area (Å²) >= 11 is 1.47. The van der Waals surface area contributed by atoms with Crippen LogP contribution in [0.5, 0.6) is 0 Å². The normalized spacial score (nSPS) is 10.9. The Kier molecular flexibility index (Phi) is 4.94. The van der Waals surface area contributed by atoms with Gasteiger partial charge in [-0.25, -0.2) is 9.37 Å². The number of thiazole rings is 1. The van der Waals surface area contributed by atoms with E-state index in [1.54, 1.807) is 17.0 Å². The van der Waals surface area contributed by atoms with Gasteiger partial charge in [0.05, 0.1) is 10.2 Å². The Balaban J connectivity index is 1.68. The van der Waals surface area contributed by atoms with Crippen LogP contribution >= 0.6 is 11.3 Å². The van der Waals surface area contributed by atoms with Crippen molar-refractivity contribution < 1.29 is 9.18 Å². The van der Waals surface area contributed by atoms with Crippen molar-refractivity contribution in [3.05, 3.63) is 95.8 Å². The first-order valence-electron chi connectivity index (χ1n) is 8.67. The Labute approximate surface area is 160 Å². The molecule has 1 aromatic heterocycles. The predicted molar refractivity (Wildman–Crippen MR) is 108 cm³/mol. The Morgan fingerprint density at radius 2 is 1.74 bits per heavy atom. The van der Waals surface area contributed by atoms with Gasteiger partial charge in [0.1, 0.15) is 5.82 Å². The van der Waals surface area contributed by atoms with Crippen LogP contribution in [0.4, 0.5) is 9.52 Å². The number of carbonyl (C=O) groups excluding carboxylic acids is 1. The number of halogens is 1. The number of fused-ring (bicyclic) bond motifs is 1. The zero-order valence-electron chi connectivity index (χ0n) is 14.5. The van der Waals surface area contributed by atoms with Gasteiger partial charge in [0.2, 0.25) is 0 Å². The number of carbonyl (C=O) groups is 1. The van der Waals surface area contributed by atoms with Crippen molar-refractivity contribution in [3.8, 4) is 0 Å². The summed E-state index contributed by atoms with van der Waals surface area (Å²) in [7, 11) is 0. The van der Waals surface area contributed by atoms with Crippen LogP contribution in [0.15, 0.2) is 78.9 Å². The minimum atomic E-state index is -0.423. The second kappa shape index (κ2) is 7.68. The summed E-state index contributed by atoms with van der Waals surface area (Å²) in [5.74, 6) is -0.669. The molecule has 0 saturated carbocycles. The second-order valence-electron chi connectivity index (χ2n) is 6.17. The summed E-state index contributed by atoms with van der Waals surface area (Å²) in [5, 5.41) is 0.626. The highest BCUT2D eigenvalue weighted by Crippen LogP contribution is 2.29. The molecule has 0 N–H and O–H groups in total. The van der Waals surface area contributed by atoms with Crippen molar-refractivity contribution in [1.82, 2.24) is 4.98 Å². The van der Waals surface area contributed by atoms with Crippen LogP contribution < -0.4 is 4.90 Å². The predicted octanol–water partition coefficient (Wildman–Crippen LogP) is 5.32. The van der Waals surface area contributed by atoms with E-state index in [0.29, 0.717) is 23.7 Å². The highest BCUT2D eigenvalue weighted by molar-refractivity contribution is 7.22. The lowest BCUT2D eigenvalue weighted by Gasteiger charge is -2.20. The highest BCUT2D eigenvalue weighted by Gasteiger charge is 2.21. The van der Waals surface area contributed by atoms with Gasteiger partial charge in [-0.1, -0.05) is 59.9 Å². The van der Waals surface area contributed by atoms with Crippen LogP contribution in [0.25, 0.3) is 10.2 Å². The topological polar surface area (TPSA) is 33.2 Å². The van der Waals surface area contributed by atoms with Crippen molar-refractivity contribution in [2.24, 2.45) is 0 Å². The molecule has 0 fully saturated rings. The van der Waals surface area contributed by atoms with E-state index in [9.17, 15) is 9.18 Å². The number of para-hydroxylation sites is 1. The van der Waals surface area contributed by atoms with E-state index in [1.165, 1.54) is 23.5 Å². The molecule has 0 unspecified atom stereocenters. The minimum Gasteiger partial charge on any atom is -0.284 e. The lowest BCUT2D eigenvalue weighted by atomic mass is 10.1. The quantitative estimate of drug-likeness (QED) is 0.472. The molecule has 0 radical (unpaired) electrons. The maximum absolute atomic E-state index is 13.6. The fourth-order valence-corrected chi connectivity index (χ4v) is 3.91. The molecule has 0 aliphatic carbocycles. The van der Waals surface area contributed by atoms with Gasteiger partial charge in [-0.3, -0.25) is 9.69 Å². The molecule has 3 aromatic carbocycles. The number of nitrogens with zero attached hydrogens (tertiary/aromatic N) is 2. The molecule has 3 nitrogen and oxygen atoms in total. The van der Waals surface area contributed by atoms with Crippen molar-refractivity contribution in [2.75, 3.05) is 11.4 Å². The molecule has 5 heteroatoms. The SMILES string of the molecule is O=C(c1cccc(F)c1)N(CCc1ccccc1)c1nc2ccccc2s1. The smallest absolute Gasteiger partial charge is 0.260 e. The third-order valence-corrected chi connectivity index (χ3v) is 5.36. The zero-order valence-corrected chi connectivity index (χ0v) is 15.3. The summed E-state index contributed by atoms with van der Waals surface area (Å²) in [6.07, 6.45) is 0.692. The van der Waals surface area contributed by atoms with Crippen LogP contribution in [0.3, 0.4) is 0 Å². The minimum absolute atomic E-state index is 0.246. The summed E-state index contributed by atoms with van der Waals surface area (Å²) in [6.45, 7) is 0.471. The second-order valence-corrected chi connectivity index (χ2v) is 7.18. The van der Waals surface area contributed by atoms with E-state index >= 15 is 0 Å². The average Bonchev–Trinajstić information content (AvgIpc) is 3.12. The summed E-state index contributed by atoms with van der Waals surface area (Å²) in [4.78, 5) is 19.4. The molecule has 27 heavy (non-hydrogen) atoms. The first kappa shape index (κ1) is 17.4. The third-order valence-electron chi connectivity index (χ3n) is 4.30. The van der Waals surface area contributed by atoms with Crippen LogP contribution in [0.1, 0.15) is 15.9 Å². The van der Waals surface area contributed by atoms with E-state index in [-0.39, 0.29) is 5.91 Å². The van der Waals surface area contributed by atoms with E-state index in [2.05, 4.69) is 4.98 Å². The summed E-state index contributed by atoms with van der Waals surface area (Å²) in [6, 6.07) is 23.6. The van der Waals surface area contributed by atoms with Crippen LogP contribution in [-0.2, 0) is 6.42 Å². The van der Waals surface area contributed by atoms with E-state index in [0.717, 1.165) is 15.8 Å². The van der Waals surface area contributed by atoms with Crippen molar-refractivity contribution in [2.45, 2.75) is 6.42 Å². The zero-order chi connectivity index (χ0) is 18.6. The standard InChI is InChI=1S/C22H17FN2OS/c23-18-10-6-9-17(15-18)21(26)25(14-13-16-7-2-1-3-8-16)22-24-19-11-4-5-12-20(19)27-22/h1-12,15H,13-14H2. The number of rotatable bonds is 5. The Bertz CT molecular complexity index is 1040. The third kappa shape index (κ3) is 3.88. The number of anilines is 1. The van der Waals surface area contributed by atoms with E-state index < -0.39 is 5.82 Å². The lowest BCUT2D eigenvalue weighted by molar-refractivity contribution is 0.0987. The van der Waals surface area contributed by atoms with Crippen LogP contribution in [0, 0.1) is 5.82 Å². The Morgan fingerprint density at radius 1 is 0.963 bits per heavy atom. The van der Waals surface area contributed by atoms with Gasteiger partial charge in [-0.05, 0) is 42.3 Å². The molecule has 1 heterocycles. The largest absolute Gasteiger partial charge is 0.284 e. The maximum Gasteiger partial charge on any atom is 0.260 e. The highest BCUT2D eigenvalue weighted by atomic mass is 32.1. The Hall–Kier alpha value is -3.05. The van der Waals surface area contributed by atoms with Crippen molar-refractivity contribution >= 4 is 32.6 Å². The van der Waals surface area contributed by atoms with E-state index in [4.69, 9.17) is 0 Å². The number of hydrogen-bond acceptors (Lipinski definition) is 3. The van der Waals surface area contributed by atoms with Gasteiger partial charge in [-0.15, -0.1) is 0 Å².